The molecule has 0 spiro atoms. The third kappa shape index (κ3) is 1.84. The van der Waals surface area contributed by atoms with Crippen molar-refractivity contribution < 1.29 is 15.0 Å². The molecule has 22 heavy (non-hydrogen) atoms. The molecule has 124 valence electrons. The number of Topliss-reactive ketones (excluding diaryl/α,β-unsaturated/α-hetero) is 1. The molecule has 0 aromatic carbocycles. The number of rotatable bonds is 0. The van der Waals surface area contributed by atoms with Crippen molar-refractivity contribution in [3.05, 3.63) is 0 Å². The fraction of sp³-hybridized carbons (Fsp3) is 0.947. The number of aliphatic hydroxyl groups excluding tert-OH is 2. The van der Waals surface area contributed by atoms with E-state index in [1.54, 1.807) is 0 Å². The summed E-state index contributed by atoms with van der Waals surface area (Å²) < 4.78 is 0. The van der Waals surface area contributed by atoms with Gasteiger partial charge in [-0.15, -0.1) is 0 Å². The number of fused-ring (bicyclic) bond motifs is 5. The molecule has 0 radical (unpaired) electrons. The summed E-state index contributed by atoms with van der Waals surface area (Å²) in [7, 11) is 0. The van der Waals surface area contributed by atoms with Crippen LogP contribution in [0.2, 0.25) is 0 Å². The van der Waals surface area contributed by atoms with Gasteiger partial charge in [0.15, 0.2) is 0 Å². The minimum Gasteiger partial charge on any atom is -0.393 e. The van der Waals surface area contributed by atoms with Gasteiger partial charge >= 0.3 is 0 Å². The summed E-state index contributed by atoms with van der Waals surface area (Å²) in [4.78, 5) is 11.9. The smallest absolute Gasteiger partial charge is 0.133 e. The molecule has 0 aliphatic heterocycles. The van der Waals surface area contributed by atoms with Gasteiger partial charge in [0.25, 0.3) is 0 Å². The maximum atomic E-state index is 11.9. The predicted octanol–water partition coefficient (Wildman–Crippen LogP) is 2.93. The van der Waals surface area contributed by atoms with E-state index < -0.39 is 0 Å². The van der Waals surface area contributed by atoms with Crippen LogP contribution in [0.25, 0.3) is 0 Å². The first kappa shape index (κ1) is 15.1. The van der Waals surface area contributed by atoms with Gasteiger partial charge in [-0.25, -0.2) is 0 Å². The number of hydrogen-bond donors (Lipinski definition) is 2. The van der Waals surface area contributed by atoms with E-state index in [1.165, 1.54) is 0 Å². The molecule has 0 aromatic rings. The molecule has 0 saturated heterocycles. The number of carbonyl (C=O) groups is 1. The summed E-state index contributed by atoms with van der Waals surface area (Å²) in [5, 5.41) is 21.5. The Morgan fingerprint density at radius 1 is 1.05 bits per heavy atom. The standard InChI is InChI=1S/C19H30O3/c1-18-8-7-12(20)9-11(18)3-4-13-14-5-6-16(22)19(14,2)10-15(21)17(13)18/h11,13-17,21-22H,3-10H2,1-2H3/t11-,13-,14-,15+,16-,17+,18-,19-/m0/s1. The highest BCUT2D eigenvalue weighted by molar-refractivity contribution is 5.79. The van der Waals surface area contributed by atoms with Crippen LogP contribution in [0.3, 0.4) is 0 Å². The molecule has 4 fully saturated rings. The van der Waals surface area contributed by atoms with Crippen molar-refractivity contribution in [1.29, 1.82) is 0 Å². The molecule has 4 saturated carbocycles. The highest BCUT2D eigenvalue weighted by Crippen LogP contribution is 2.65. The highest BCUT2D eigenvalue weighted by Gasteiger charge is 2.62. The van der Waals surface area contributed by atoms with Gasteiger partial charge in [-0.3, -0.25) is 4.79 Å². The molecule has 0 amide bonds. The molecule has 8 atom stereocenters. The molecule has 0 unspecified atom stereocenters. The molecule has 3 heteroatoms. The molecular formula is C19H30O3. The van der Waals surface area contributed by atoms with Crippen LogP contribution in [-0.4, -0.2) is 28.2 Å². The van der Waals surface area contributed by atoms with E-state index in [0.717, 1.165) is 44.9 Å². The largest absolute Gasteiger partial charge is 0.393 e. The Bertz CT molecular complexity index is 489. The zero-order valence-electron chi connectivity index (χ0n) is 13.9. The Morgan fingerprint density at radius 3 is 2.59 bits per heavy atom. The van der Waals surface area contributed by atoms with Crippen LogP contribution in [0.4, 0.5) is 0 Å². The Hall–Kier alpha value is -0.410. The van der Waals surface area contributed by atoms with Gasteiger partial charge < -0.3 is 10.2 Å². The van der Waals surface area contributed by atoms with E-state index >= 15 is 0 Å². The number of carbonyl (C=O) groups excluding carboxylic acids is 1. The third-order valence-electron chi connectivity index (χ3n) is 8.36. The van der Waals surface area contributed by atoms with Crippen molar-refractivity contribution in [3.63, 3.8) is 0 Å². The first-order valence-electron chi connectivity index (χ1n) is 9.24. The maximum Gasteiger partial charge on any atom is 0.133 e. The lowest BCUT2D eigenvalue weighted by molar-refractivity contribution is -0.177. The van der Waals surface area contributed by atoms with Crippen molar-refractivity contribution in [2.45, 2.75) is 77.4 Å². The lowest BCUT2D eigenvalue weighted by Crippen LogP contribution is -2.59. The van der Waals surface area contributed by atoms with Crippen LogP contribution in [0.1, 0.15) is 65.2 Å². The quantitative estimate of drug-likeness (QED) is 0.723. The van der Waals surface area contributed by atoms with Crippen LogP contribution >= 0.6 is 0 Å². The lowest BCUT2D eigenvalue weighted by Gasteiger charge is -2.61. The average molecular weight is 306 g/mol. The fourth-order valence-electron chi connectivity index (χ4n) is 7.14. The first-order chi connectivity index (χ1) is 10.4. The minimum absolute atomic E-state index is 0.0890. The molecule has 0 heterocycles. The Kier molecular flexibility index (Phi) is 3.30. The number of ketones is 1. The molecule has 0 aromatic heterocycles. The normalized spacial score (nSPS) is 57.9. The van der Waals surface area contributed by atoms with E-state index in [0.29, 0.717) is 35.9 Å². The summed E-state index contributed by atoms with van der Waals surface area (Å²) in [5.41, 5.74) is 0.0411. The summed E-state index contributed by atoms with van der Waals surface area (Å²) in [5.74, 6) is 2.34. The second kappa shape index (κ2) is 4.80. The van der Waals surface area contributed by atoms with Gasteiger partial charge in [0.05, 0.1) is 12.2 Å². The molecule has 0 bridgehead atoms. The molecular weight excluding hydrogens is 276 g/mol. The van der Waals surface area contributed by atoms with E-state index in [9.17, 15) is 15.0 Å². The van der Waals surface area contributed by atoms with Crippen molar-refractivity contribution >= 4 is 5.78 Å². The monoisotopic (exact) mass is 306 g/mol. The average Bonchev–Trinajstić information content (AvgIpc) is 2.75. The molecule has 2 N–H and O–H groups in total. The second-order valence-electron chi connectivity index (χ2n) is 9.19. The van der Waals surface area contributed by atoms with Crippen molar-refractivity contribution in [2.24, 2.45) is 34.5 Å². The van der Waals surface area contributed by atoms with Gasteiger partial charge in [0.2, 0.25) is 0 Å². The van der Waals surface area contributed by atoms with E-state index in [-0.39, 0.29) is 23.0 Å². The summed E-state index contributed by atoms with van der Waals surface area (Å²) in [6, 6.07) is 0. The summed E-state index contributed by atoms with van der Waals surface area (Å²) in [6.07, 6.45) is 6.88. The predicted molar refractivity (Wildman–Crippen MR) is 84.1 cm³/mol. The highest BCUT2D eigenvalue weighted by atomic mass is 16.3. The molecule has 4 aliphatic rings. The van der Waals surface area contributed by atoms with Gasteiger partial charge in [-0.2, -0.15) is 0 Å². The van der Waals surface area contributed by atoms with Crippen LogP contribution in [0.15, 0.2) is 0 Å². The van der Waals surface area contributed by atoms with Gasteiger partial charge in [0, 0.05) is 12.8 Å². The van der Waals surface area contributed by atoms with Crippen LogP contribution in [0.5, 0.6) is 0 Å². The SMILES string of the molecule is C[C@]12CCC(=O)C[C@@H]1CC[C@@H]1[C@@H]2[C@H](O)C[C@]2(C)[C@@H](O)CC[C@@H]12. The first-order valence-corrected chi connectivity index (χ1v) is 9.24. The third-order valence-corrected chi connectivity index (χ3v) is 8.36. The molecule has 3 nitrogen and oxygen atoms in total. The zero-order chi connectivity index (χ0) is 15.7. The van der Waals surface area contributed by atoms with Crippen molar-refractivity contribution in [1.82, 2.24) is 0 Å². The van der Waals surface area contributed by atoms with Crippen molar-refractivity contribution in [3.8, 4) is 0 Å². The van der Waals surface area contributed by atoms with Gasteiger partial charge in [-0.05, 0) is 73.0 Å². The molecule has 4 rings (SSSR count). The van der Waals surface area contributed by atoms with E-state index in [4.69, 9.17) is 0 Å². The van der Waals surface area contributed by atoms with Gasteiger partial charge in [0.1, 0.15) is 5.78 Å². The number of aliphatic hydroxyl groups is 2. The van der Waals surface area contributed by atoms with Crippen molar-refractivity contribution in [2.75, 3.05) is 0 Å². The Balaban J connectivity index is 1.69. The summed E-state index contributed by atoms with van der Waals surface area (Å²) >= 11 is 0. The zero-order valence-corrected chi connectivity index (χ0v) is 13.9. The number of hydrogen-bond acceptors (Lipinski definition) is 3. The molecule has 4 aliphatic carbocycles. The van der Waals surface area contributed by atoms with Crippen LogP contribution in [-0.2, 0) is 4.79 Å². The Labute approximate surface area is 133 Å². The Morgan fingerprint density at radius 2 is 1.82 bits per heavy atom. The minimum atomic E-state index is -0.306. The van der Waals surface area contributed by atoms with Gasteiger partial charge in [-0.1, -0.05) is 13.8 Å². The van der Waals surface area contributed by atoms with E-state index in [1.807, 2.05) is 0 Å². The summed E-state index contributed by atoms with van der Waals surface area (Å²) in [6.45, 7) is 4.55. The second-order valence-corrected chi connectivity index (χ2v) is 9.19. The lowest BCUT2D eigenvalue weighted by atomic mass is 9.44. The maximum absolute atomic E-state index is 11.9. The topological polar surface area (TPSA) is 57.5 Å². The fourth-order valence-corrected chi connectivity index (χ4v) is 7.14. The van der Waals surface area contributed by atoms with Crippen LogP contribution in [0, 0.1) is 34.5 Å². The van der Waals surface area contributed by atoms with E-state index in [2.05, 4.69) is 13.8 Å². The van der Waals surface area contributed by atoms with Crippen LogP contribution < -0.4 is 0 Å².